The van der Waals surface area contributed by atoms with Crippen LogP contribution in [0.1, 0.15) is 6.92 Å². The van der Waals surface area contributed by atoms with Gasteiger partial charge in [0.05, 0.1) is 24.7 Å². The van der Waals surface area contributed by atoms with Gasteiger partial charge in [-0.15, -0.1) is 0 Å². The SMILES string of the molecule is COc1ccc([N+](=O)[O-])cc1OCC(C)CO. The zero-order chi connectivity index (χ0) is 12.8. The number of nitro groups is 1. The maximum Gasteiger partial charge on any atom is 0.273 e. The summed E-state index contributed by atoms with van der Waals surface area (Å²) < 4.78 is 10.4. The number of hydrogen-bond donors (Lipinski definition) is 1. The molecule has 0 spiro atoms. The molecular formula is C11H15NO5. The van der Waals surface area contributed by atoms with E-state index in [1.54, 1.807) is 0 Å². The molecule has 94 valence electrons. The zero-order valence-electron chi connectivity index (χ0n) is 9.75. The van der Waals surface area contributed by atoms with Gasteiger partial charge in [0.2, 0.25) is 0 Å². The Hall–Kier alpha value is -1.82. The summed E-state index contributed by atoms with van der Waals surface area (Å²) in [6.45, 7) is 2.08. The highest BCUT2D eigenvalue weighted by atomic mass is 16.6. The first-order valence-corrected chi connectivity index (χ1v) is 5.14. The number of methoxy groups -OCH3 is 1. The standard InChI is InChI=1S/C11H15NO5/c1-8(6-13)7-17-11-5-9(12(14)15)3-4-10(11)16-2/h3-5,8,13H,6-7H2,1-2H3. The second-order valence-electron chi connectivity index (χ2n) is 3.69. The fraction of sp³-hybridized carbons (Fsp3) is 0.455. The number of aliphatic hydroxyl groups is 1. The van der Waals surface area contributed by atoms with Gasteiger partial charge in [-0.3, -0.25) is 10.1 Å². The minimum absolute atomic E-state index is 0.00274. The number of ether oxygens (including phenoxy) is 2. The normalized spacial score (nSPS) is 11.9. The van der Waals surface area contributed by atoms with Crippen LogP contribution >= 0.6 is 0 Å². The van der Waals surface area contributed by atoms with Crippen molar-refractivity contribution in [2.24, 2.45) is 5.92 Å². The van der Waals surface area contributed by atoms with Crippen molar-refractivity contribution in [3.05, 3.63) is 28.3 Å². The van der Waals surface area contributed by atoms with Crippen LogP contribution in [0.3, 0.4) is 0 Å². The molecule has 0 heterocycles. The summed E-state index contributed by atoms with van der Waals surface area (Å²) in [7, 11) is 1.46. The van der Waals surface area contributed by atoms with E-state index in [0.29, 0.717) is 11.5 Å². The molecule has 0 amide bonds. The molecule has 0 radical (unpaired) electrons. The molecule has 0 saturated carbocycles. The number of nitrogens with zero attached hydrogens (tertiary/aromatic N) is 1. The van der Waals surface area contributed by atoms with Gasteiger partial charge in [-0.2, -0.15) is 0 Å². The fourth-order valence-electron chi connectivity index (χ4n) is 1.18. The van der Waals surface area contributed by atoms with Gasteiger partial charge in [0.1, 0.15) is 0 Å². The number of non-ortho nitro benzene ring substituents is 1. The van der Waals surface area contributed by atoms with E-state index in [0.717, 1.165) is 0 Å². The first kappa shape index (κ1) is 13.2. The average Bonchev–Trinajstić information content (AvgIpc) is 2.35. The predicted octanol–water partition coefficient (Wildman–Crippen LogP) is 1.61. The first-order valence-electron chi connectivity index (χ1n) is 5.14. The fourth-order valence-corrected chi connectivity index (χ4v) is 1.18. The summed E-state index contributed by atoms with van der Waals surface area (Å²) in [6, 6.07) is 4.14. The number of hydrogen-bond acceptors (Lipinski definition) is 5. The van der Waals surface area contributed by atoms with Crippen molar-refractivity contribution >= 4 is 5.69 Å². The molecule has 1 aromatic carbocycles. The number of aliphatic hydroxyl groups excluding tert-OH is 1. The smallest absolute Gasteiger partial charge is 0.273 e. The number of benzene rings is 1. The van der Waals surface area contributed by atoms with Crippen molar-refractivity contribution in [2.45, 2.75) is 6.92 Å². The highest BCUT2D eigenvalue weighted by Gasteiger charge is 2.13. The van der Waals surface area contributed by atoms with E-state index in [1.165, 1.54) is 25.3 Å². The molecule has 1 rings (SSSR count). The molecule has 0 aliphatic carbocycles. The minimum Gasteiger partial charge on any atom is -0.493 e. The third kappa shape index (κ3) is 3.60. The van der Waals surface area contributed by atoms with Crippen LogP contribution in [0.2, 0.25) is 0 Å². The Morgan fingerprint density at radius 3 is 2.71 bits per heavy atom. The van der Waals surface area contributed by atoms with Gasteiger partial charge in [-0.25, -0.2) is 0 Å². The van der Waals surface area contributed by atoms with Gasteiger partial charge in [-0.1, -0.05) is 6.92 Å². The molecule has 6 nitrogen and oxygen atoms in total. The molecule has 0 aromatic heterocycles. The largest absolute Gasteiger partial charge is 0.493 e. The van der Waals surface area contributed by atoms with E-state index >= 15 is 0 Å². The molecule has 0 saturated heterocycles. The summed E-state index contributed by atoms with van der Waals surface area (Å²) >= 11 is 0. The predicted molar refractivity (Wildman–Crippen MR) is 61.4 cm³/mol. The Bertz CT molecular complexity index is 393. The van der Waals surface area contributed by atoms with Gasteiger partial charge < -0.3 is 14.6 Å². The summed E-state index contributed by atoms with van der Waals surface area (Å²) in [6.07, 6.45) is 0. The van der Waals surface area contributed by atoms with E-state index in [-0.39, 0.29) is 24.8 Å². The quantitative estimate of drug-likeness (QED) is 0.604. The van der Waals surface area contributed by atoms with Crippen LogP contribution in [0.25, 0.3) is 0 Å². The molecule has 6 heteroatoms. The summed E-state index contributed by atoms with van der Waals surface area (Å²) in [4.78, 5) is 10.1. The van der Waals surface area contributed by atoms with Crippen LogP contribution in [0.5, 0.6) is 11.5 Å². The van der Waals surface area contributed by atoms with Crippen molar-refractivity contribution in [1.82, 2.24) is 0 Å². The monoisotopic (exact) mass is 241 g/mol. The van der Waals surface area contributed by atoms with E-state index in [9.17, 15) is 10.1 Å². The molecular weight excluding hydrogens is 226 g/mol. The summed E-state index contributed by atoms with van der Waals surface area (Å²) in [5.74, 6) is 0.696. The minimum atomic E-state index is -0.498. The Kier molecular flexibility index (Phi) is 4.71. The van der Waals surface area contributed by atoms with Crippen molar-refractivity contribution in [2.75, 3.05) is 20.3 Å². The lowest BCUT2D eigenvalue weighted by Crippen LogP contribution is -2.12. The second-order valence-corrected chi connectivity index (χ2v) is 3.69. The zero-order valence-corrected chi connectivity index (χ0v) is 9.75. The van der Waals surface area contributed by atoms with Crippen LogP contribution in [0, 0.1) is 16.0 Å². The lowest BCUT2D eigenvalue weighted by Gasteiger charge is -2.13. The number of nitro benzene ring substituents is 1. The van der Waals surface area contributed by atoms with E-state index in [2.05, 4.69) is 0 Å². The molecule has 0 bridgehead atoms. The van der Waals surface area contributed by atoms with Crippen LogP contribution in [-0.4, -0.2) is 30.4 Å². The maximum atomic E-state index is 10.6. The first-order chi connectivity index (χ1) is 8.08. The van der Waals surface area contributed by atoms with Gasteiger partial charge in [0, 0.05) is 18.6 Å². The Balaban J connectivity index is 2.86. The Labute approximate surface area is 98.9 Å². The van der Waals surface area contributed by atoms with E-state index in [4.69, 9.17) is 14.6 Å². The molecule has 0 fully saturated rings. The van der Waals surface area contributed by atoms with Gasteiger partial charge in [0.25, 0.3) is 5.69 Å². The van der Waals surface area contributed by atoms with E-state index < -0.39 is 4.92 Å². The van der Waals surface area contributed by atoms with Gasteiger partial charge in [-0.05, 0) is 6.07 Å². The van der Waals surface area contributed by atoms with Crippen LogP contribution in [0.4, 0.5) is 5.69 Å². The van der Waals surface area contributed by atoms with Crippen LogP contribution in [-0.2, 0) is 0 Å². The van der Waals surface area contributed by atoms with Crippen molar-refractivity contribution in [3.63, 3.8) is 0 Å². The Morgan fingerprint density at radius 2 is 2.18 bits per heavy atom. The Morgan fingerprint density at radius 1 is 1.47 bits per heavy atom. The van der Waals surface area contributed by atoms with Crippen molar-refractivity contribution in [3.8, 4) is 11.5 Å². The molecule has 1 aromatic rings. The lowest BCUT2D eigenvalue weighted by atomic mass is 10.2. The van der Waals surface area contributed by atoms with Gasteiger partial charge in [0.15, 0.2) is 11.5 Å². The molecule has 1 unspecified atom stereocenters. The second kappa shape index (κ2) is 6.05. The third-order valence-corrected chi connectivity index (χ3v) is 2.19. The third-order valence-electron chi connectivity index (χ3n) is 2.19. The molecule has 0 aliphatic heterocycles. The van der Waals surface area contributed by atoms with Gasteiger partial charge >= 0.3 is 0 Å². The molecule has 1 atom stereocenters. The molecule has 0 aliphatic rings. The molecule has 1 N–H and O–H groups in total. The topological polar surface area (TPSA) is 81.8 Å². The summed E-state index contributed by atoms with van der Waals surface area (Å²) in [5, 5.41) is 19.5. The van der Waals surface area contributed by atoms with Crippen LogP contribution in [0.15, 0.2) is 18.2 Å². The van der Waals surface area contributed by atoms with Crippen molar-refractivity contribution < 1.29 is 19.5 Å². The molecule has 17 heavy (non-hydrogen) atoms. The average molecular weight is 241 g/mol. The number of rotatable bonds is 6. The summed E-state index contributed by atoms with van der Waals surface area (Å²) in [5.41, 5.74) is -0.0579. The maximum absolute atomic E-state index is 10.6. The van der Waals surface area contributed by atoms with Crippen LogP contribution < -0.4 is 9.47 Å². The van der Waals surface area contributed by atoms with Crippen molar-refractivity contribution in [1.29, 1.82) is 0 Å². The lowest BCUT2D eigenvalue weighted by molar-refractivity contribution is -0.385. The highest BCUT2D eigenvalue weighted by Crippen LogP contribution is 2.31. The van der Waals surface area contributed by atoms with E-state index in [1.807, 2.05) is 6.92 Å². The highest BCUT2D eigenvalue weighted by molar-refractivity contribution is 5.48.